The number of anilines is 1. The highest BCUT2D eigenvalue weighted by molar-refractivity contribution is 5.88. The van der Waals surface area contributed by atoms with Crippen molar-refractivity contribution in [3.63, 3.8) is 0 Å². The Labute approximate surface area is 146 Å². The Morgan fingerprint density at radius 2 is 1.92 bits per heavy atom. The average Bonchev–Trinajstić information content (AvgIpc) is 2.62. The molecule has 1 atom stereocenters. The van der Waals surface area contributed by atoms with Crippen LogP contribution in [0.5, 0.6) is 0 Å². The largest absolute Gasteiger partial charge is 0.388 e. The molecule has 1 saturated heterocycles. The van der Waals surface area contributed by atoms with E-state index in [2.05, 4.69) is 10.3 Å². The molecule has 5 nitrogen and oxygen atoms in total. The summed E-state index contributed by atoms with van der Waals surface area (Å²) in [5, 5.41) is 13.3. The van der Waals surface area contributed by atoms with E-state index < -0.39 is 6.10 Å². The second-order valence-corrected chi connectivity index (χ2v) is 6.42. The maximum absolute atomic E-state index is 13.0. The molecule has 1 aliphatic rings. The van der Waals surface area contributed by atoms with E-state index in [1.165, 1.54) is 12.1 Å². The summed E-state index contributed by atoms with van der Waals surface area (Å²) in [5.74, 6) is 0.289. The van der Waals surface area contributed by atoms with E-state index in [1.54, 1.807) is 23.1 Å². The van der Waals surface area contributed by atoms with Crippen LogP contribution in [0.3, 0.4) is 0 Å². The zero-order chi connectivity index (χ0) is 17.8. The minimum absolute atomic E-state index is 0.0617. The maximum atomic E-state index is 13.0. The summed E-state index contributed by atoms with van der Waals surface area (Å²) in [5.41, 5.74) is 1.56. The summed E-state index contributed by atoms with van der Waals surface area (Å²) < 4.78 is 13.0. The number of carbonyl (C=O) groups is 1. The SMILES string of the molecule is Cc1cccc(NC(=O)N2CCC([C@H](O)c3ccc(F)cc3)CC2)n1. The number of likely N-dealkylation sites (tertiary alicyclic amines) is 1. The van der Waals surface area contributed by atoms with Gasteiger partial charge < -0.3 is 10.0 Å². The summed E-state index contributed by atoms with van der Waals surface area (Å²) >= 11 is 0. The van der Waals surface area contributed by atoms with Crippen LogP contribution in [-0.2, 0) is 0 Å². The van der Waals surface area contributed by atoms with E-state index in [4.69, 9.17) is 0 Å². The summed E-state index contributed by atoms with van der Waals surface area (Å²) in [4.78, 5) is 18.3. The summed E-state index contributed by atoms with van der Waals surface area (Å²) in [6.45, 7) is 3.01. The summed E-state index contributed by atoms with van der Waals surface area (Å²) in [7, 11) is 0. The monoisotopic (exact) mass is 343 g/mol. The van der Waals surface area contributed by atoms with Crippen molar-refractivity contribution in [3.05, 3.63) is 59.5 Å². The van der Waals surface area contributed by atoms with Crippen LogP contribution < -0.4 is 5.32 Å². The molecule has 3 rings (SSSR count). The lowest BCUT2D eigenvalue weighted by atomic mass is 9.87. The van der Waals surface area contributed by atoms with Gasteiger partial charge in [0, 0.05) is 18.8 Å². The number of hydrogen-bond donors (Lipinski definition) is 2. The lowest BCUT2D eigenvalue weighted by molar-refractivity contribution is 0.0682. The third-order valence-electron chi connectivity index (χ3n) is 4.61. The first-order valence-electron chi connectivity index (χ1n) is 8.46. The van der Waals surface area contributed by atoms with Crippen LogP contribution in [0.25, 0.3) is 0 Å². The van der Waals surface area contributed by atoms with Gasteiger partial charge >= 0.3 is 6.03 Å². The number of amides is 2. The molecule has 1 fully saturated rings. The molecule has 1 aromatic heterocycles. The zero-order valence-corrected chi connectivity index (χ0v) is 14.2. The van der Waals surface area contributed by atoms with E-state index in [9.17, 15) is 14.3 Å². The number of aromatic nitrogens is 1. The molecule has 0 spiro atoms. The topological polar surface area (TPSA) is 65.5 Å². The molecule has 6 heteroatoms. The number of carbonyl (C=O) groups excluding carboxylic acids is 1. The Morgan fingerprint density at radius 1 is 1.24 bits per heavy atom. The first-order chi connectivity index (χ1) is 12.0. The number of aryl methyl sites for hydroxylation is 1. The van der Waals surface area contributed by atoms with Gasteiger partial charge in [0.05, 0.1) is 6.10 Å². The van der Waals surface area contributed by atoms with Crippen molar-refractivity contribution in [2.24, 2.45) is 5.92 Å². The Hall–Kier alpha value is -2.47. The zero-order valence-electron chi connectivity index (χ0n) is 14.2. The molecule has 2 aromatic rings. The number of halogens is 1. The minimum atomic E-state index is -0.635. The summed E-state index contributed by atoms with van der Waals surface area (Å²) in [6, 6.07) is 11.3. The van der Waals surface area contributed by atoms with E-state index in [1.807, 2.05) is 19.1 Å². The van der Waals surface area contributed by atoms with Crippen molar-refractivity contribution in [2.45, 2.75) is 25.9 Å². The van der Waals surface area contributed by atoms with Crippen LogP contribution >= 0.6 is 0 Å². The quantitative estimate of drug-likeness (QED) is 0.896. The Morgan fingerprint density at radius 3 is 2.56 bits per heavy atom. The molecular weight excluding hydrogens is 321 g/mol. The molecule has 2 amide bonds. The van der Waals surface area contributed by atoms with E-state index >= 15 is 0 Å². The van der Waals surface area contributed by atoms with Gasteiger partial charge in [-0.25, -0.2) is 14.2 Å². The lowest BCUT2D eigenvalue weighted by Gasteiger charge is -2.34. The van der Waals surface area contributed by atoms with Crippen molar-refractivity contribution in [1.82, 2.24) is 9.88 Å². The van der Waals surface area contributed by atoms with Crippen LogP contribution in [0.2, 0.25) is 0 Å². The number of rotatable bonds is 3. The van der Waals surface area contributed by atoms with Crippen LogP contribution in [0, 0.1) is 18.7 Å². The third-order valence-corrected chi connectivity index (χ3v) is 4.61. The van der Waals surface area contributed by atoms with Gasteiger partial charge in [-0.1, -0.05) is 18.2 Å². The summed E-state index contributed by atoms with van der Waals surface area (Å²) in [6.07, 6.45) is 0.768. The minimum Gasteiger partial charge on any atom is -0.388 e. The standard InChI is InChI=1S/C19H22FN3O2/c1-13-3-2-4-17(21-13)22-19(25)23-11-9-15(10-12-23)18(24)14-5-7-16(20)8-6-14/h2-8,15,18,24H,9-12H2,1H3,(H,21,22,25)/t18-/m1/s1. The average molecular weight is 343 g/mol. The molecular formula is C19H22FN3O2. The van der Waals surface area contributed by atoms with Crippen LogP contribution in [-0.4, -0.2) is 34.1 Å². The van der Waals surface area contributed by atoms with Gasteiger partial charge in [0.2, 0.25) is 0 Å². The Balaban J connectivity index is 1.54. The number of hydrogen-bond acceptors (Lipinski definition) is 3. The molecule has 0 aliphatic carbocycles. The van der Waals surface area contributed by atoms with Crippen LogP contribution in [0.1, 0.15) is 30.2 Å². The van der Waals surface area contributed by atoms with Crippen molar-refractivity contribution in [1.29, 1.82) is 0 Å². The molecule has 2 N–H and O–H groups in total. The first kappa shape index (κ1) is 17.4. The van der Waals surface area contributed by atoms with Gasteiger partial charge in [0.25, 0.3) is 0 Å². The second-order valence-electron chi connectivity index (χ2n) is 6.42. The number of aliphatic hydroxyl groups excluding tert-OH is 1. The van der Waals surface area contributed by atoms with Crippen molar-refractivity contribution in [2.75, 3.05) is 18.4 Å². The Bertz CT molecular complexity index is 728. The van der Waals surface area contributed by atoms with Gasteiger partial charge in [-0.15, -0.1) is 0 Å². The molecule has 1 aliphatic heterocycles. The van der Waals surface area contributed by atoms with Gasteiger partial charge in [-0.3, -0.25) is 5.32 Å². The first-order valence-corrected chi connectivity index (χ1v) is 8.46. The second kappa shape index (κ2) is 7.61. The van der Waals surface area contributed by atoms with E-state index in [0.29, 0.717) is 37.3 Å². The van der Waals surface area contributed by atoms with Gasteiger partial charge in [0.1, 0.15) is 11.6 Å². The van der Waals surface area contributed by atoms with Crippen LogP contribution in [0.4, 0.5) is 15.0 Å². The number of pyridine rings is 1. The van der Waals surface area contributed by atoms with Crippen molar-refractivity contribution in [3.8, 4) is 0 Å². The Kier molecular flexibility index (Phi) is 5.28. The van der Waals surface area contributed by atoms with E-state index in [0.717, 1.165) is 5.69 Å². The molecule has 1 aromatic carbocycles. The predicted molar refractivity (Wildman–Crippen MR) is 93.6 cm³/mol. The fourth-order valence-electron chi connectivity index (χ4n) is 3.15. The third kappa shape index (κ3) is 4.33. The molecule has 0 radical (unpaired) electrons. The van der Waals surface area contributed by atoms with Gasteiger partial charge in [-0.05, 0) is 55.5 Å². The number of nitrogens with one attached hydrogen (secondary N) is 1. The van der Waals surface area contributed by atoms with Gasteiger partial charge in [0.15, 0.2) is 0 Å². The predicted octanol–water partition coefficient (Wildman–Crippen LogP) is 3.51. The normalized spacial score (nSPS) is 16.5. The smallest absolute Gasteiger partial charge is 0.323 e. The molecule has 2 heterocycles. The van der Waals surface area contributed by atoms with E-state index in [-0.39, 0.29) is 17.8 Å². The van der Waals surface area contributed by atoms with Crippen molar-refractivity contribution >= 4 is 11.8 Å². The number of urea groups is 1. The molecule has 132 valence electrons. The lowest BCUT2D eigenvalue weighted by Crippen LogP contribution is -2.42. The molecule has 0 bridgehead atoms. The fraction of sp³-hybridized carbons (Fsp3) is 0.368. The number of piperidine rings is 1. The molecule has 0 unspecified atom stereocenters. The fourth-order valence-corrected chi connectivity index (χ4v) is 3.15. The molecule has 0 saturated carbocycles. The highest BCUT2D eigenvalue weighted by Crippen LogP contribution is 2.31. The van der Waals surface area contributed by atoms with Crippen molar-refractivity contribution < 1.29 is 14.3 Å². The number of aliphatic hydroxyl groups is 1. The maximum Gasteiger partial charge on any atom is 0.323 e. The number of nitrogens with zero attached hydrogens (tertiary/aromatic N) is 2. The highest BCUT2D eigenvalue weighted by atomic mass is 19.1. The highest BCUT2D eigenvalue weighted by Gasteiger charge is 2.28. The molecule has 25 heavy (non-hydrogen) atoms. The van der Waals surface area contributed by atoms with Gasteiger partial charge in [-0.2, -0.15) is 0 Å². The number of benzene rings is 1. The van der Waals surface area contributed by atoms with Crippen LogP contribution in [0.15, 0.2) is 42.5 Å².